The molecular weight excluding hydrogens is 244 g/mol. The topological polar surface area (TPSA) is 55.0 Å². The quantitative estimate of drug-likeness (QED) is 0.677. The van der Waals surface area contributed by atoms with E-state index in [-0.39, 0.29) is 5.97 Å². The zero-order valence-electron chi connectivity index (χ0n) is 9.29. The van der Waals surface area contributed by atoms with Crippen molar-refractivity contribution >= 4 is 40.1 Å². The fourth-order valence-corrected chi connectivity index (χ4v) is 3.03. The highest BCUT2D eigenvalue weighted by Gasteiger charge is 2.19. The number of hydrogen-bond acceptors (Lipinski definition) is 5. The number of hydrogen-bond donors (Lipinski definition) is 1. The standard InChI is InChI=1S/C10H12N2O2S2/c1-4-15-10-11-6-5(2)16-8(7(6)12-10)9(13)14-3/h4H2,1-3H3,(H,11,12). The maximum atomic E-state index is 11.5. The summed E-state index contributed by atoms with van der Waals surface area (Å²) in [6.07, 6.45) is 0. The van der Waals surface area contributed by atoms with Gasteiger partial charge in [0.2, 0.25) is 0 Å². The normalized spacial score (nSPS) is 10.9. The summed E-state index contributed by atoms with van der Waals surface area (Å²) in [4.78, 5) is 20.8. The van der Waals surface area contributed by atoms with Gasteiger partial charge < -0.3 is 9.72 Å². The monoisotopic (exact) mass is 256 g/mol. The van der Waals surface area contributed by atoms with Crippen LogP contribution in [0.15, 0.2) is 5.16 Å². The van der Waals surface area contributed by atoms with E-state index in [0.717, 1.165) is 26.8 Å². The first-order valence-electron chi connectivity index (χ1n) is 4.87. The lowest BCUT2D eigenvalue weighted by molar-refractivity contribution is 0.0608. The number of aromatic amines is 1. The van der Waals surface area contributed by atoms with E-state index in [1.165, 1.54) is 18.4 Å². The number of nitrogens with one attached hydrogen (secondary N) is 1. The van der Waals surface area contributed by atoms with E-state index >= 15 is 0 Å². The molecule has 0 fully saturated rings. The van der Waals surface area contributed by atoms with Crippen LogP contribution in [0.1, 0.15) is 21.5 Å². The minimum absolute atomic E-state index is 0.317. The summed E-state index contributed by atoms with van der Waals surface area (Å²) in [5.74, 6) is 0.634. The summed E-state index contributed by atoms with van der Waals surface area (Å²) in [6.45, 7) is 4.03. The fraction of sp³-hybridized carbons (Fsp3) is 0.400. The summed E-state index contributed by atoms with van der Waals surface area (Å²) >= 11 is 3.04. The summed E-state index contributed by atoms with van der Waals surface area (Å²) < 4.78 is 4.74. The van der Waals surface area contributed by atoms with Crippen molar-refractivity contribution in [3.63, 3.8) is 0 Å². The van der Waals surface area contributed by atoms with Gasteiger partial charge in [-0.3, -0.25) is 0 Å². The summed E-state index contributed by atoms with van der Waals surface area (Å²) in [5.41, 5.74) is 1.67. The largest absolute Gasteiger partial charge is 0.465 e. The molecule has 0 aliphatic rings. The lowest BCUT2D eigenvalue weighted by atomic mass is 10.3. The van der Waals surface area contributed by atoms with E-state index in [1.54, 1.807) is 11.8 Å². The zero-order chi connectivity index (χ0) is 11.7. The minimum Gasteiger partial charge on any atom is -0.465 e. The first-order valence-corrected chi connectivity index (χ1v) is 6.67. The molecule has 0 saturated heterocycles. The highest BCUT2D eigenvalue weighted by Crippen LogP contribution is 2.31. The number of H-pyrrole nitrogens is 1. The Morgan fingerprint density at radius 3 is 3.00 bits per heavy atom. The van der Waals surface area contributed by atoms with Gasteiger partial charge in [0.05, 0.1) is 12.6 Å². The van der Waals surface area contributed by atoms with Crippen LogP contribution < -0.4 is 0 Å². The first-order chi connectivity index (χ1) is 7.67. The van der Waals surface area contributed by atoms with Crippen molar-refractivity contribution in [2.45, 2.75) is 19.0 Å². The highest BCUT2D eigenvalue weighted by molar-refractivity contribution is 7.99. The molecule has 16 heavy (non-hydrogen) atoms. The molecular formula is C10H12N2O2S2. The van der Waals surface area contributed by atoms with Crippen molar-refractivity contribution in [2.24, 2.45) is 0 Å². The number of nitrogens with zero attached hydrogens (tertiary/aromatic N) is 1. The Labute approximate surface area is 101 Å². The number of carbonyl (C=O) groups excluding carboxylic acids is 1. The molecule has 1 N–H and O–H groups in total. The van der Waals surface area contributed by atoms with E-state index in [0.29, 0.717) is 4.88 Å². The third-order valence-corrected chi connectivity index (χ3v) is 3.99. The maximum Gasteiger partial charge on any atom is 0.350 e. The van der Waals surface area contributed by atoms with Gasteiger partial charge in [-0.2, -0.15) is 0 Å². The average Bonchev–Trinajstić information content (AvgIpc) is 2.79. The first kappa shape index (κ1) is 11.5. The molecule has 4 nitrogen and oxygen atoms in total. The minimum atomic E-state index is -0.317. The summed E-state index contributed by atoms with van der Waals surface area (Å²) in [5, 5.41) is 0.855. The van der Waals surface area contributed by atoms with Crippen LogP contribution in [0.3, 0.4) is 0 Å². The summed E-state index contributed by atoms with van der Waals surface area (Å²) in [7, 11) is 1.39. The molecule has 2 aromatic heterocycles. The van der Waals surface area contributed by atoms with Crippen molar-refractivity contribution in [2.75, 3.05) is 12.9 Å². The number of imidazole rings is 1. The Balaban J connectivity index is 2.54. The SMILES string of the molecule is CCSc1nc2c(C(=O)OC)sc(C)c2[nH]1. The second kappa shape index (κ2) is 4.47. The molecule has 6 heteroatoms. The number of aryl methyl sites for hydroxylation is 1. The predicted octanol–water partition coefficient (Wildman–Crippen LogP) is 2.83. The van der Waals surface area contributed by atoms with E-state index in [4.69, 9.17) is 4.74 Å². The Morgan fingerprint density at radius 1 is 1.62 bits per heavy atom. The van der Waals surface area contributed by atoms with Gasteiger partial charge in [0.1, 0.15) is 10.4 Å². The smallest absolute Gasteiger partial charge is 0.350 e. The molecule has 0 unspecified atom stereocenters. The van der Waals surface area contributed by atoms with Crippen molar-refractivity contribution < 1.29 is 9.53 Å². The van der Waals surface area contributed by atoms with Crippen molar-refractivity contribution in [1.82, 2.24) is 9.97 Å². The highest BCUT2D eigenvalue weighted by atomic mass is 32.2. The molecule has 0 radical (unpaired) electrons. The van der Waals surface area contributed by atoms with Gasteiger partial charge in [-0.15, -0.1) is 11.3 Å². The van der Waals surface area contributed by atoms with Crippen LogP contribution in [0, 0.1) is 6.92 Å². The van der Waals surface area contributed by atoms with Gasteiger partial charge in [0, 0.05) is 4.88 Å². The third-order valence-electron chi connectivity index (χ3n) is 2.16. The van der Waals surface area contributed by atoms with Crippen LogP contribution in [-0.4, -0.2) is 28.8 Å². The van der Waals surface area contributed by atoms with Crippen LogP contribution in [0.4, 0.5) is 0 Å². The average molecular weight is 256 g/mol. The molecule has 2 rings (SSSR count). The van der Waals surface area contributed by atoms with Crippen LogP contribution in [0.25, 0.3) is 11.0 Å². The van der Waals surface area contributed by atoms with Gasteiger partial charge in [0.25, 0.3) is 0 Å². The Morgan fingerprint density at radius 2 is 2.38 bits per heavy atom. The lowest BCUT2D eigenvalue weighted by Crippen LogP contribution is -1.98. The molecule has 2 aromatic rings. The fourth-order valence-electron chi connectivity index (χ4n) is 1.46. The van der Waals surface area contributed by atoms with E-state index in [1.807, 2.05) is 6.92 Å². The van der Waals surface area contributed by atoms with Crippen molar-refractivity contribution in [1.29, 1.82) is 0 Å². The molecule has 2 heterocycles. The molecule has 0 bridgehead atoms. The number of esters is 1. The molecule has 86 valence electrons. The molecule has 0 aliphatic heterocycles. The predicted molar refractivity (Wildman–Crippen MR) is 66.4 cm³/mol. The van der Waals surface area contributed by atoms with Gasteiger partial charge in [-0.25, -0.2) is 9.78 Å². The van der Waals surface area contributed by atoms with Crippen molar-refractivity contribution in [3.8, 4) is 0 Å². The van der Waals surface area contributed by atoms with Crippen LogP contribution in [0.2, 0.25) is 0 Å². The lowest BCUT2D eigenvalue weighted by Gasteiger charge is -1.93. The molecule has 0 atom stereocenters. The Bertz CT molecular complexity index is 530. The van der Waals surface area contributed by atoms with Crippen LogP contribution in [0.5, 0.6) is 0 Å². The van der Waals surface area contributed by atoms with Gasteiger partial charge in [0.15, 0.2) is 5.16 Å². The van der Waals surface area contributed by atoms with E-state index in [2.05, 4.69) is 16.9 Å². The number of thioether (sulfide) groups is 1. The van der Waals surface area contributed by atoms with Gasteiger partial charge in [-0.05, 0) is 12.7 Å². The number of rotatable bonds is 3. The second-order valence-corrected chi connectivity index (χ2v) is 5.65. The molecule has 0 aromatic carbocycles. The van der Waals surface area contributed by atoms with Gasteiger partial charge in [-0.1, -0.05) is 18.7 Å². The third kappa shape index (κ3) is 1.82. The zero-order valence-corrected chi connectivity index (χ0v) is 10.9. The molecule has 0 aliphatic carbocycles. The number of methoxy groups -OCH3 is 1. The van der Waals surface area contributed by atoms with Gasteiger partial charge >= 0.3 is 5.97 Å². The van der Waals surface area contributed by atoms with Crippen LogP contribution in [-0.2, 0) is 4.74 Å². The van der Waals surface area contributed by atoms with Crippen molar-refractivity contribution in [3.05, 3.63) is 9.75 Å². The van der Waals surface area contributed by atoms with E-state index < -0.39 is 0 Å². The van der Waals surface area contributed by atoms with Crippen LogP contribution >= 0.6 is 23.1 Å². The summed E-state index contributed by atoms with van der Waals surface area (Å²) in [6, 6.07) is 0. The maximum absolute atomic E-state index is 11.5. The number of carbonyl (C=O) groups is 1. The number of fused-ring (bicyclic) bond motifs is 1. The number of aromatic nitrogens is 2. The second-order valence-electron chi connectivity index (χ2n) is 3.18. The Hall–Kier alpha value is -1.01. The van der Waals surface area contributed by atoms with E-state index in [9.17, 15) is 4.79 Å². The number of thiophene rings is 1. The number of ether oxygens (including phenoxy) is 1. The molecule has 0 amide bonds. The molecule has 0 spiro atoms. The molecule has 0 saturated carbocycles. The Kier molecular flexibility index (Phi) is 3.20.